The van der Waals surface area contributed by atoms with Gasteiger partial charge in [-0.2, -0.15) is 10.2 Å². The van der Waals surface area contributed by atoms with E-state index in [0.29, 0.717) is 11.6 Å². The van der Waals surface area contributed by atoms with Gasteiger partial charge in [-0.15, -0.1) is 0 Å². The molecule has 2 heteroatoms. The minimum Gasteiger partial charge on any atom is -0.163 e. The Morgan fingerprint density at radius 3 is 1.88 bits per heavy atom. The Morgan fingerprint density at radius 1 is 1.25 bits per heavy atom. The molecule has 8 heavy (non-hydrogen) atoms. The molecule has 0 aromatic carbocycles. The zero-order chi connectivity index (χ0) is 6.20. The van der Waals surface area contributed by atoms with E-state index >= 15 is 0 Å². The third-order valence-corrected chi connectivity index (χ3v) is 1.07. The normalized spacial score (nSPS) is 19.4. The molecule has 0 atom stereocenters. The Balaban J connectivity index is 2.17. The van der Waals surface area contributed by atoms with Gasteiger partial charge in [-0.1, -0.05) is 20.8 Å². The van der Waals surface area contributed by atoms with Crippen LogP contribution in [0.1, 0.15) is 27.2 Å². The van der Waals surface area contributed by atoms with Crippen LogP contribution in [0.15, 0.2) is 10.2 Å². The van der Waals surface area contributed by atoms with Crippen LogP contribution < -0.4 is 0 Å². The second-order valence-corrected chi connectivity index (χ2v) is 3.48. The van der Waals surface area contributed by atoms with Crippen molar-refractivity contribution in [1.29, 1.82) is 0 Å². The second kappa shape index (κ2) is 1.54. The van der Waals surface area contributed by atoms with E-state index in [2.05, 4.69) is 31.0 Å². The van der Waals surface area contributed by atoms with Crippen LogP contribution in [0.5, 0.6) is 0 Å². The van der Waals surface area contributed by atoms with Crippen molar-refractivity contribution < 1.29 is 0 Å². The van der Waals surface area contributed by atoms with Crippen molar-refractivity contribution >= 4 is 0 Å². The average Bonchev–Trinajstić information content (AvgIpc) is 2.12. The minimum atomic E-state index is 0.343. The number of rotatable bonds is 1. The van der Waals surface area contributed by atoms with Gasteiger partial charge in [0.25, 0.3) is 0 Å². The maximum absolute atomic E-state index is 3.81. The Labute approximate surface area is 50.0 Å². The van der Waals surface area contributed by atoms with Gasteiger partial charge in [0.2, 0.25) is 0 Å². The predicted octanol–water partition coefficient (Wildman–Crippen LogP) is 2.21. The van der Waals surface area contributed by atoms with Gasteiger partial charge < -0.3 is 0 Å². The van der Waals surface area contributed by atoms with E-state index in [0.717, 1.165) is 6.42 Å². The standard InChI is InChI=1S/C6H12N2/c1-6(2,3)4-5-7-8-5/h5H,4H2,1-3H3. The molecule has 1 aliphatic heterocycles. The number of nitrogens with zero attached hydrogens (tertiary/aromatic N) is 2. The molecule has 0 N–H and O–H groups in total. The first-order chi connectivity index (χ1) is 3.58. The van der Waals surface area contributed by atoms with Gasteiger partial charge in [-0.3, -0.25) is 0 Å². The molecular weight excluding hydrogens is 100 g/mol. The summed E-state index contributed by atoms with van der Waals surface area (Å²) < 4.78 is 0. The van der Waals surface area contributed by atoms with Crippen molar-refractivity contribution in [2.75, 3.05) is 0 Å². The molecule has 46 valence electrons. The summed E-state index contributed by atoms with van der Waals surface area (Å²) in [6, 6.07) is 0. The lowest BCUT2D eigenvalue weighted by molar-refractivity contribution is 0.371. The van der Waals surface area contributed by atoms with E-state index in [-0.39, 0.29) is 0 Å². The molecule has 0 amide bonds. The van der Waals surface area contributed by atoms with Crippen LogP contribution in [0.2, 0.25) is 0 Å². The molecule has 1 heterocycles. The quantitative estimate of drug-likeness (QED) is 0.497. The molecule has 0 aromatic rings. The highest BCUT2D eigenvalue weighted by molar-refractivity contribution is 4.76. The molecule has 0 bridgehead atoms. The molecule has 1 aliphatic rings. The summed E-state index contributed by atoms with van der Waals surface area (Å²) in [5.41, 5.74) is 0.397. The van der Waals surface area contributed by atoms with Gasteiger partial charge in [0, 0.05) is 0 Å². The van der Waals surface area contributed by atoms with Crippen LogP contribution in [-0.4, -0.2) is 6.17 Å². The summed E-state index contributed by atoms with van der Waals surface area (Å²) in [5.74, 6) is 0. The zero-order valence-electron chi connectivity index (χ0n) is 5.68. The Morgan fingerprint density at radius 2 is 1.75 bits per heavy atom. The van der Waals surface area contributed by atoms with E-state index in [1.807, 2.05) is 0 Å². The number of hydrogen-bond acceptors (Lipinski definition) is 2. The summed E-state index contributed by atoms with van der Waals surface area (Å²) in [5, 5.41) is 7.63. The largest absolute Gasteiger partial charge is 0.181 e. The molecule has 0 radical (unpaired) electrons. The van der Waals surface area contributed by atoms with Crippen molar-refractivity contribution in [2.24, 2.45) is 15.6 Å². The Bertz CT molecular complexity index is 104. The van der Waals surface area contributed by atoms with Gasteiger partial charge in [0.1, 0.15) is 0 Å². The van der Waals surface area contributed by atoms with Crippen LogP contribution >= 0.6 is 0 Å². The van der Waals surface area contributed by atoms with E-state index < -0.39 is 0 Å². The van der Waals surface area contributed by atoms with Crippen LogP contribution in [0.4, 0.5) is 0 Å². The zero-order valence-corrected chi connectivity index (χ0v) is 5.68. The fraction of sp³-hybridized carbons (Fsp3) is 1.00. The predicted molar refractivity (Wildman–Crippen MR) is 32.7 cm³/mol. The first kappa shape index (κ1) is 5.73. The van der Waals surface area contributed by atoms with Crippen molar-refractivity contribution in [3.63, 3.8) is 0 Å². The summed E-state index contributed by atoms with van der Waals surface area (Å²) in [4.78, 5) is 0. The highest BCUT2D eigenvalue weighted by Crippen LogP contribution is 2.28. The lowest BCUT2D eigenvalue weighted by Gasteiger charge is -2.14. The van der Waals surface area contributed by atoms with E-state index in [1.165, 1.54) is 0 Å². The molecule has 1 rings (SSSR count). The van der Waals surface area contributed by atoms with E-state index in [9.17, 15) is 0 Å². The van der Waals surface area contributed by atoms with E-state index in [1.54, 1.807) is 0 Å². The van der Waals surface area contributed by atoms with Gasteiger partial charge in [-0.25, -0.2) is 0 Å². The Kier molecular flexibility index (Phi) is 1.10. The minimum absolute atomic E-state index is 0.343. The fourth-order valence-corrected chi connectivity index (χ4v) is 0.677. The maximum atomic E-state index is 3.81. The summed E-state index contributed by atoms with van der Waals surface area (Å²) in [7, 11) is 0. The smallest absolute Gasteiger partial charge is 0.163 e. The SMILES string of the molecule is CC(C)(C)CC1N=N1. The first-order valence-corrected chi connectivity index (χ1v) is 2.98. The van der Waals surface area contributed by atoms with Gasteiger partial charge in [0.05, 0.1) is 0 Å². The molecule has 0 unspecified atom stereocenters. The second-order valence-electron chi connectivity index (χ2n) is 3.48. The summed E-state index contributed by atoms with van der Waals surface area (Å²) in [6.07, 6.45) is 1.45. The molecule has 0 fully saturated rings. The van der Waals surface area contributed by atoms with Crippen LogP contribution in [-0.2, 0) is 0 Å². The van der Waals surface area contributed by atoms with Gasteiger partial charge >= 0.3 is 0 Å². The highest BCUT2D eigenvalue weighted by atomic mass is 15.4. The molecule has 0 saturated carbocycles. The summed E-state index contributed by atoms with van der Waals surface area (Å²) >= 11 is 0. The fourth-order valence-electron chi connectivity index (χ4n) is 0.677. The van der Waals surface area contributed by atoms with E-state index in [4.69, 9.17) is 0 Å². The molecular formula is C6H12N2. The lowest BCUT2D eigenvalue weighted by atomic mass is 9.92. The third kappa shape index (κ3) is 2.05. The maximum Gasteiger partial charge on any atom is 0.181 e. The number of hydrogen-bond donors (Lipinski definition) is 0. The van der Waals surface area contributed by atoms with Crippen molar-refractivity contribution in [3.05, 3.63) is 0 Å². The molecule has 2 nitrogen and oxygen atoms in total. The molecule has 0 aliphatic carbocycles. The summed E-state index contributed by atoms with van der Waals surface area (Å²) in [6.45, 7) is 6.61. The molecule has 0 aromatic heterocycles. The molecule has 0 spiro atoms. The van der Waals surface area contributed by atoms with Crippen LogP contribution in [0.3, 0.4) is 0 Å². The van der Waals surface area contributed by atoms with Gasteiger partial charge in [-0.05, 0) is 11.8 Å². The average molecular weight is 112 g/mol. The Hall–Kier alpha value is -0.400. The van der Waals surface area contributed by atoms with Crippen LogP contribution in [0.25, 0.3) is 0 Å². The molecule has 0 saturated heterocycles. The van der Waals surface area contributed by atoms with Gasteiger partial charge in [0.15, 0.2) is 6.17 Å². The lowest BCUT2D eigenvalue weighted by Crippen LogP contribution is -2.07. The monoisotopic (exact) mass is 112 g/mol. The first-order valence-electron chi connectivity index (χ1n) is 2.98. The van der Waals surface area contributed by atoms with Crippen molar-refractivity contribution in [2.45, 2.75) is 33.4 Å². The van der Waals surface area contributed by atoms with Crippen molar-refractivity contribution in [3.8, 4) is 0 Å². The van der Waals surface area contributed by atoms with Crippen LogP contribution in [0, 0.1) is 5.41 Å². The van der Waals surface area contributed by atoms with Crippen molar-refractivity contribution in [1.82, 2.24) is 0 Å². The topological polar surface area (TPSA) is 24.7 Å². The third-order valence-electron chi connectivity index (χ3n) is 1.07. The highest BCUT2D eigenvalue weighted by Gasteiger charge is 2.23.